The first-order valence-corrected chi connectivity index (χ1v) is 8.11. The molecule has 1 unspecified atom stereocenters. The molecule has 6 nitrogen and oxygen atoms in total. The minimum Gasteiger partial charge on any atom is -0.479 e. The molecule has 132 valence electrons. The van der Waals surface area contributed by atoms with Crippen LogP contribution >= 0.6 is 11.6 Å². The number of pyridine rings is 1. The molecule has 1 amide bonds. The number of hydrogen-bond acceptors (Lipinski definition) is 4. The van der Waals surface area contributed by atoms with Crippen LogP contribution in [-0.4, -0.2) is 33.9 Å². The van der Waals surface area contributed by atoms with E-state index in [1.54, 1.807) is 42.5 Å². The molecule has 2 heterocycles. The van der Waals surface area contributed by atoms with Crippen LogP contribution in [-0.2, 0) is 4.79 Å². The minimum atomic E-state index is -1.18. The second-order valence-corrected chi connectivity index (χ2v) is 5.99. The molecule has 1 N–H and O–H groups in total. The van der Waals surface area contributed by atoms with Gasteiger partial charge in [-0.15, -0.1) is 0 Å². The summed E-state index contributed by atoms with van der Waals surface area (Å²) in [6.45, 7) is 0. The van der Waals surface area contributed by atoms with E-state index in [4.69, 9.17) is 16.0 Å². The van der Waals surface area contributed by atoms with E-state index >= 15 is 0 Å². The van der Waals surface area contributed by atoms with E-state index in [1.165, 1.54) is 25.5 Å². The quantitative estimate of drug-likeness (QED) is 0.736. The van der Waals surface area contributed by atoms with E-state index in [2.05, 4.69) is 4.98 Å². The third-order valence-electron chi connectivity index (χ3n) is 3.90. The maximum absolute atomic E-state index is 12.7. The zero-order chi connectivity index (χ0) is 18.7. The van der Waals surface area contributed by atoms with Crippen molar-refractivity contribution in [2.24, 2.45) is 0 Å². The second kappa shape index (κ2) is 7.41. The topological polar surface area (TPSA) is 83.6 Å². The normalized spacial score (nSPS) is 11.8. The SMILES string of the molecule is CN(C(=O)c1ccc(-c2ccccc2Cl)o1)C(C(=O)O)c1cccnc1. The lowest BCUT2D eigenvalue weighted by molar-refractivity contribution is -0.142. The highest BCUT2D eigenvalue weighted by atomic mass is 35.5. The summed E-state index contributed by atoms with van der Waals surface area (Å²) in [5.74, 6) is -1.26. The first-order valence-electron chi connectivity index (χ1n) is 7.73. The number of aliphatic carboxylic acids is 1. The molecule has 0 aliphatic carbocycles. The summed E-state index contributed by atoms with van der Waals surface area (Å²) < 4.78 is 5.62. The number of nitrogens with zero attached hydrogens (tertiary/aromatic N) is 2. The molecule has 0 aliphatic heterocycles. The Hall–Kier alpha value is -3.12. The van der Waals surface area contributed by atoms with Crippen LogP contribution in [0.4, 0.5) is 0 Å². The van der Waals surface area contributed by atoms with Gasteiger partial charge < -0.3 is 14.4 Å². The van der Waals surface area contributed by atoms with Gasteiger partial charge in [0.2, 0.25) is 0 Å². The predicted molar refractivity (Wildman–Crippen MR) is 95.9 cm³/mol. The molecule has 0 fully saturated rings. The van der Waals surface area contributed by atoms with Crippen molar-refractivity contribution in [2.75, 3.05) is 7.05 Å². The van der Waals surface area contributed by atoms with E-state index in [0.29, 0.717) is 21.9 Å². The molecule has 26 heavy (non-hydrogen) atoms. The Morgan fingerprint density at radius 3 is 2.58 bits per heavy atom. The molecule has 3 rings (SSSR count). The van der Waals surface area contributed by atoms with Crippen molar-refractivity contribution in [1.82, 2.24) is 9.88 Å². The minimum absolute atomic E-state index is 0.0255. The highest BCUT2D eigenvalue weighted by Crippen LogP contribution is 2.30. The van der Waals surface area contributed by atoms with Crippen molar-refractivity contribution in [2.45, 2.75) is 6.04 Å². The molecule has 1 atom stereocenters. The van der Waals surface area contributed by atoms with Crippen LogP contribution in [0.25, 0.3) is 11.3 Å². The number of likely N-dealkylation sites (N-methyl/N-ethyl adjacent to an activating group) is 1. The molecule has 0 saturated heterocycles. The molecular formula is C19H15ClN2O4. The van der Waals surface area contributed by atoms with Crippen LogP contribution in [0.15, 0.2) is 65.3 Å². The Balaban J connectivity index is 1.89. The number of carbonyl (C=O) groups excluding carboxylic acids is 1. The highest BCUT2D eigenvalue weighted by molar-refractivity contribution is 6.33. The molecule has 2 aromatic heterocycles. The predicted octanol–water partition coefficient (Wildman–Crippen LogP) is 3.89. The summed E-state index contributed by atoms with van der Waals surface area (Å²) in [5, 5.41) is 10.0. The van der Waals surface area contributed by atoms with E-state index in [-0.39, 0.29) is 5.76 Å². The first-order chi connectivity index (χ1) is 12.5. The number of benzene rings is 1. The summed E-state index contributed by atoms with van der Waals surface area (Å²) in [7, 11) is 1.41. The van der Waals surface area contributed by atoms with Crippen LogP contribution in [0.3, 0.4) is 0 Å². The Labute approximate surface area is 154 Å². The summed E-state index contributed by atoms with van der Waals surface area (Å²) >= 11 is 6.14. The zero-order valence-corrected chi connectivity index (χ0v) is 14.6. The van der Waals surface area contributed by atoms with Crippen LogP contribution < -0.4 is 0 Å². The third kappa shape index (κ3) is 3.45. The molecule has 0 aliphatic rings. The lowest BCUT2D eigenvalue weighted by Crippen LogP contribution is -2.35. The van der Waals surface area contributed by atoms with E-state index in [9.17, 15) is 14.7 Å². The van der Waals surface area contributed by atoms with Crippen LogP contribution in [0.5, 0.6) is 0 Å². The molecule has 1 aromatic carbocycles. The number of carboxylic acids is 1. The molecule has 7 heteroatoms. The van der Waals surface area contributed by atoms with Gasteiger partial charge >= 0.3 is 5.97 Å². The van der Waals surface area contributed by atoms with Crippen molar-refractivity contribution in [3.05, 3.63) is 77.3 Å². The van der Waals surface area contributed by atoms with Crippen LogP contribution in [0.2, 0.25) is 5.02 Å². The fourth-order valence-corrected chi connectivity index (χ4v) is 2.85. The van der Waals surface area contributed by atoms with Gasteiger partial charge in [0.25, 0.3) is 5.91 Å². The summed E-state index contributed by atoms with van der Waals surface area (Å²) in [5.41, 5.74) is 1.05. The van der Waals surface area contributed by atoms with E-state index < -0.39 is 17.9 Å². The molecule has 0 bridgehead atoms. The van der Waals surface area contributed by atoms with Crippen molar-refractivity contribution < 1.29 is 19.1 Å². The van der Waals surface area contributed by atoms with Gasteiger partial charge in [-0.2, -0.15) is 0 Å². The monoisotopic (exact) mass is 370 g/mol. The number of carboxylic acid groups (broad SMARTS) is 1. The zero-order valence-electron chi connectivity index (χ0n) is 13.8. The molecule has 0 spiro atoms. The number of carbonyl (C=O) groups is 2. The van der Waals surface area contributed by atoms with Crippen molar-refractivity contribution in [3.8, 4) is 11.3 Å². The standard InChI is InChI=1S/C19H15ClN2O4/c1-22(17(19(24)25)12-5-4-10-21-11-12)18(23)16-9-8-15(26-16)13-6-2-3-7-14(13)20/h2-11,17H,1H3,(H,24,25). The largest absolute Gasteiger partial charge is 0.479 e. The number of amides is 1. The Morgan fingerprint density at radius 1 is 1.15 bits per heavy atom. The number of rotatable bonds is 5. The Morgan fingerprint density at radius 2 is 1.92 bits per heavy atom. The van der Waals surface area contributed by atoms with Crippen molar-refractivity contribution >= 4 is 23.5 Å². The lowest BCUT2D eigenvalue weighted by atomic mass is 10.1. The fourth-order valence-electron chi connectivity index (χ4n) is 2.62. The first kappa shape index (κ1) is 17.7. The highest BCUT2D eigenvalue weighted by Gasteiger charge is 2.30. The second-order valence-electron chi connectivity index (χ2n) is 5.59. The Bertz CT molecular complexity index is 939. The number of aromatic nitrogens is 1. The van der Waals surface area contributed by atoms with E-state index in [1.807, 2.05) is 0 Å². The summed E-state index contributed by atoms with van der Waals surface area (Å²) in [6.07, 6.45) is 2.95. The van der Waals surface area contributed by atoms with Gasteiger partial charge in [-0.05, 0) is 30.3 Å². The van der Waals surface area contributed by atoms with Crippen LogP contribution in [0.1, 0.15) is 22.2 Å². The smallest absolute Gasteiger partial charge is 0.331 e. The third-order valence-corrected chi connectivity index (χ3v) is 4.23. The number of furan rings is 1. The van der Waals surface area contributed by atoms with Gasteiger partial charge in [-0.25, -0.2) is 4.79 Å². The Kier molecular flexibility index (Phi) is 5.04. The maximum atomic E-state index is 12.7. The summed E-state index contributed by atoms with van der Waals surface area (Å²) in [6, 6.07) is 12.3. The number of halogens is 1. The summed E-state index contributed by atoms with van der Waals surface area (Å²) in [4.78, 5) is 29.4. The van der Waals surface area contributed by atoms with Gasteiger partial charge in [-0.1, -0.05) is 29.8 Å². The van der Waals surface area contributed by atoms with Crippen molar-refractivity contribution in [3.63, 3.8) is 0 Å². The molecule has 3 aromatic rings. The molecule has 0 radical (unpaired) electrons. The van der Waals surface area contributed by atoms with E-state index in [0.717, 1.165) is 4.90 Å². The molecular weight excluding hydrogens is 356 g/mol. The number of hydrogen-bond donors (Lipinski definition) is 1. The maximum Gasteiger partial charge on any atom is 0.331 e. The van der Waals surface area contributed by atoms with Crippen LogP contribution in [0, 0.1) is 0 Å². The average Bonchev–Trinajstić information content (AvgIpc) is 3.12. The van der Waals surface area contributed by atoms with Gasteiger partial charge in [0.05, 0.1) is 5.02 Å². The molecule has 0 saturated carbocycles. The lowest BCUT2D eigenvalue weighted by Gasteiger charge is -2.24. The van der Waals surface area contributed by atoms with Gasteiger partial charge in [-0.3, -0.25) is 9.78 Å². The average molecular weight is 371 g/mol. The van der Waals surface area contributed by atoms with Crippen molar-refractivity contribution in [1.29, 1.82) is 0 Å². The van der Waals surface area contributed by atoms with Gasteiger partial charge in [0.15, 0.2) is 11.8 Å². The fraction of sp³-hybridized carbons (Fsp3) is 0.105. The van der Waals surface area contributed by atoms with Gasteiger partial charge in [0, 0.05) is 30.6 Å². The van der Waals surface area contributed by atoms with Gasteiger partial charge in [0.1, 0.15) is 5.76 Å².